The van der Waals surface area contributed by atoms with Gasteiger partial charge in [-0.3, -0.25) is 0 Å². The summed E-state index contributed by atoms with van der Waals surface area (Å²) in [6.07, 6.45) is -1.22. The third-order valence-corrected chi connectivity index (χ3v) is 7.20. The van der Waals surface area contributed by atoms with Crippen molar-refractivity contribution in [3.05, 3.63) is 93.4 Å². The van der Waals surface area contributed by atoms with Crippen molar-refractivity contribution < 1.29 is 26.3 Å². The van der Waals surface area contributed by atoms with Crippen molar-refractivity contribution in [3.63, 3.8) is 0 Å². The van der Waals surface area contributed by atoms with Crippen LogP contribution in [0.25, 0.3) is 21.5 Å². The van der Waals surface area contributed by atoms with E-state index in [4.69, 9.17) is 11.5 Å². The lowest BCUT2D eigenvalue weighted by Crippen LogP contribution is -2.44. The molecule has 5 aromatic rings. The van der Waals surface area contributed by atoms with Gasteiger partial charge in [0.2, 0.25) is 0 Å². The fourth-order valence-corrected chi connectivity index (χ4v) is 5.51. The van der Waals surface area contributed by atoms with E-state index in [0.717, 1.165) is 36.4 Å². The van der Waals surface area contributed by atoms with Crippen LogP contribution in [0.1, 0.15) is 11.1 Å². The van der Waals surface area contributed by atoms with Gasteiger partial charge in [0.1, 0.15) is 22.6 Å². The molecular formula is C24H6BClF6N6. The number of aliphatic imine (C=N–C) groups is 2. The molecule has 0 N–H and O–H groups in total. The highest BCUT2D eigenvalue weighted by Crippen LogP contribution is 2.42. The zero-order valence-electron chi connectivity index (χ0n) is 18.4. The number of rotatable bonds is 0. The van der Waals surface area contributed by atoms with Crippen molar-refractivity contribution in [2.45, 2.75) is 0 Å². The van der Waals surface area contributed by atoms with Gasteiger partial charge in [-0.05, 0) is 36.4 Å². The van der Waals surface area contributed by atoms with Crippen LogP contribution in [0.4, 0.5) is 38.0 Å². The van der Waals surface area contributed by atoms with Gasteiger partial charge < -0.3 is 8.96 Å². The minimum absolute atomic E-state index is 0.00181. The number of benzene rings is 3. The Morgan fingerprint density at radius 3 is 1.47 bits per heavy atom. The average Bonchev–Trinajstić information content (AvgIpc) is 3.45. The number of hydrogen-bond acceptors (Lipinski definition) is 4. The van der Waals surface area contributed by atoms with E-state index in [9.17, 15) is 26.3 Å². The van der Waals surface area contributed by atoms with Crippen LogP contribution in [-0.4, -0.2) is 27.0 Å². The van der Waals surface area contributed by atoms with Crippen molar-refractivity contribution >= 4 is 62.7 Å². The molecule has 4 bridgehead atoms. The lowest BCUT2D eigenvalue weighted by Gasteiger charge is -2.18. The first-order valence-electron chi connectivity index (χ1n) is 11.0. The lowest BCUT2D eigenvalue weighted by atomic mass is 10.1. The molecular weight excluding hydrogens is 533 g/mol. The molecule has 0 radical (unpaired) electrons. The van der Waals surface area contributed by atoms with E-state index in [2.05, 4.69) is 20.0 Å². The van der Waals surface area contributed by atoms with Crippen molar-refractivity contribution in [2.75, 3.05) is 0 Å². The van der Waals surface area contributed by atoms with Crippen molar-refractivity contribution in [3.8, 4) is 0 Å². The molecule has 3 aromatic carbocycles. The van der Waals surface area contributed by atoms with Gasteiger partial charge in [0, 0.05) is 32.7 Å². The number of halogens is 7. The van der Waals surface area contributed by atoms with Crippen molar-refractivity contribution in [2.24, 2.45) is 20.0 Å². The lowest BCUT2D eigenvalue weighted by molar-refractivity contribution is 0.508. The molecule has 5 heterocycles. The van der Waals surface area contributed by atoms with E-state index >= 15 is 0 Å². The fourth-order valence-electron chi connectivity index (χ4n) is 5.14. The summed E-state index contributed by atoms with van der Waals surface area (Å²) in [6, 6.07) is 5.46. The normalized spacial score (nSPS) is 14.9. The SMILES string of the molecule is Fc1cc2c(cc1F)C1=Nc3c4cc(F)c(F)cc4c4n3B(Cl)n3c(c5cc(F)c(F)cc5c3=N4)=NC2=N1. The maximum Gasteiger partial charge on any atom is 0.499 e. The van der Waals surface area contributed by atoms with Crippen LogP contribution in [0, 0.1) is 34.9 Å². The molecule has 0 saturated carbocycles. The van der Waals surface area contributed by atoms with E-state index in [1.165, 1.54) is 8.96 Å². The van der Waals surface area contributed by atoms with Crippen LogP contribution >= 0.6 is 11.5 Å². The number of fused-ring (bicyclic) bond motifs is 10. The Balaban J connectivity index is 1.66. The van der Waals surface area contributed by atoms with E-state index < -0.39 is 41.3 Å². The summed E-state index contributed by atoms with van der Waals surface area (Å²) in [6.45, 7) is 0. The second-order valence-corrected chi connectivity index (χ2v) is 9.27. The minimum atomic E-state index is -1.22. The fraction of sp³-hybridized carbons (Fsp3) is 0. The van der Waals surface area contributed by atoms with E-state index in [-0.39, 0.29) is 67.0 Å². The van der Waals surface area contributed by atoms with Crippen LogP contribution in [-0.2, 0) is 0 Å². The molecule has 0 amide bonds. The summed E-state index contributed by atoms with van der Waals surface area (Å²) in [4.78, 5) is 17.9. The maximum absolute atomic E-state index is 14.4. The maximum atomic E-state index is 14.4. The molecule has 0 saturated heterocycles. The molecule has 8 rings (SSSR count). The highest BCUT2D eigenvalue weighted by Gasteiger charge is 2.36. The van der Waals surface area contributed by atoms with Crippen molar-refractivity contribution in [1.29, 1.82) is 0 Å². The molecule has 2 aromatic heterocycles. The predicted molar refractivity (Wildman–Crippen MR) is 127 cm³/mol. The van der Waals surface area contributed by atoms with E-state index in [1.807, 2.05) is 0 Å². The topological polar surface area (TPSA) is 59.3 Å². The third kappa shape index (κ3) is 2.56. The summed E-state index contributed by atoms with van der Waals surface area (Å²) in [5, 5.41) is 0.477. The molecule has 0 spiro atoms. The van der Waals surface area contributed by atoms with Gasteiger partial charge in [-0.15, -0.1) is 11.5 Å². The summed E-state index contributed by atoms with van der Waals surface area (Å²) >= 11 is 6.91. The Hall–Kier alpha value is -4.39. The second-order valence-electron chi connectivity index (χ2n) is 8.88. The average molecular weight is 539 g/mol. The number of nitrogens with zero attached hydrogens (tertiary/aromatic N) is 6. The van der Waals surface area contributed by atoms with Crippen LogP contribution in [0.2, 0.25) is 0 Å². The highest BCUT2D eigenvalue weighted by molar-refractivity contribution is 7.05. The Morgan fingerprint density at radius 1 is 0.500 bits per heavy atom. The molecule has 184 valence electrons. The summed E-state index contributed by atoms with van der Waals surface area (Å²) in [5.74, 6) is -7.10. The van der Waals surface area contributed by atoms with Gasteiger partial charge in [-0.25, -0.2) is 46.3 Å². The molecule has 3 aliphatic rings. The Kier molecular flexibility index (Phi) is 3.95. The minimum Gasteiger partial charge on any atom is -0.319 e. The van der Waals surface area contributed by atoms with Gasteiger partial charge in [-0.1, -0.05) is 0 Å². The van der Waals surface area contributed by atoms with Gasteiger partial charge >= 0.3 is 6.40 Å². The van der Waals surface area contributed by atoms with Gasteiger partial charge in [0.05, 0.1) is 0 Å². The van der Waals surface area contributed by atoms with Gasteiger partial charge in [0.25, 0.3) is 0 Å². The third-order valence-electron chi connectivity index (χ3n) is 6.81. The summed E-state index contributed by atoms with van der Waals surface area (Å²) in [7, 11) is 0. The van der Waals surface area contributed by atoms with Crippen LogP contribution < -0.4 is 11.0 Å². The Morgan fingerprint density at radius 2 is 0.921 bits per heavy atom. The van der Waals surface area contributed by atoms with Crippen LogP contribution in [0.5, 0.6) is 0 Å². The van der Waals surface area contributed by atoms with Gasteiger partial charge in [0.15, 0.2) is 46.6 Å². The van der Waals surface area contributed by atoms with E-state index in [1.54, 1.807) is 0 Å². The molecule has 0 unspecified atom stereocenters. The number of aromatic nitrogens is 2. The first-order valence-corrected chi connectivity index (χ1v) is 11.5. The van der Waals surface area contributed by atoms with Gasteiger partial charge in [-0.2, -0.15) is 0 Å². The molecule has 6 nitrogen and oxygen atoms in total. The Labute approximate surface area is 211 Å². The van der Waals surface area contributed by atoms with Crippen LogP contribution in [0.3, 0.4) is 0 Å². The van der Waals surface area contributed by atoms with E-state index in [0.29, 0.717) is 0 Å². The number of amidine groups is 2. The smallest absolute Gasteiger partial charge is 0.319 e. The second kappa shape index (κ2) is 6.92. The monoisotopic (exact) mass is 538 g/mol. The summed E-state index contributed by atoms with van der Waals surface area (Å²) < 4.78 is 88.8. The first-order chi connectivity index (χ1) is 18.2. The Bertz CT molecular complexity index is 2180. The molecule has 14 heteroatoms. The first kappa shape index (κ1) is 21.7. The van der Waals surface area contributed by atoms with Crippen LogP contribution in [0.15, 0.2) is 56.4 Å². The molecule has 38 heavy (non-hydrogen) atoms. The molecule has 3 aliphatic heterocycles. The zero-order valence-corrected chi connectivity index (χ0v) is 19.1. The quantitative estimate of drug-likeness (QED) is 0.201. The predicted octanol–water partition coefficient (Wildman–Crippen LogP) is 4.79. The summed E-state index contributed by atoms with van der Waals surface area (Å²) in [5.41, 5.74) is 0.227. The molecule has 0 atom stereocenters. The molecule has 0 fully saturated rings. The van der Waals surface area contributed by atoms with Crippen molar-refractivity contribution in [1.82, 2.24) is 8.96 Å². The molecule has 0 aliphatic carbocycles. The largest absolute Gasteiger partial charge is 0.499 e. The highest BCUT2D eigenvalue weighted by atomic mass is 35.5. The standard InChI is InChI=1S/C24H6BClF6N6/c26-25-37-21-9-3-15(29)17(31)5-11(9)23(37)36-24-12-6-18(32)16(30)4-10(12)22(38(24)25)35-20-8-2-14(28)13(27)1-7(8)19(33-20)34-21/h1-6H. The number of hydrogen-bond donors (Lipinski definition) is 0. The zero-order chi connectivity index (χ0) is 26.2.